The van der Waals surface area contributed by atoms with Gasteiger partial charge in [-0.25, -0.2) is 0 Å². The van der Waals surface area contributed by atoms with Crippen LogP contribution in [0.5, 0.6) is 0 Å². The Labute approximate surface area is 443 Å². The molecule has 0 bridgehead atoms. The third kappa shape index (κ3) is 9.19. The molecule has 356 valence electrons. The highest BCUT2D eigenvalue weighted by Crippen LogP contribution is 2.45. The molecule has 3 nitrogen and oxygen atoms in total. The van der Waals surface area contributed by atoms with Gasteiger partial charge in [0, 0.05) is 40.7 Å². The summed E-state index contributed by atoms with van der Waals surface area (Å²) in [6, 6.07) is 100. The zero-order chi connectivity index (χ0) is 50.6. The van der Waals surface area contributed by atoms with Gasteiger partial charge < -0.3 is 0 Å². The SMILES string of the molecule is c1ccc(-c2ccc(-c3cc(-c4cc5ccccc5cn4)ccc3-c3ccccc3-c3cc(-c4ccccc4-c4ccc(-c5ccccn5)cc4)cc(-c4ccccc4-c4ccc(-c5ccccn5)cc4)c3)cc2)cc1. The second-order valence-electron chi connectivity index (χ2n) is 19.1. The van der Waals surface area contributed by atoms with Crippen molar-refractivity contribution in [2.24, 2.45) is 0 Å². The van der Waals surface area contributed by atoms with E-state index in [0.717, 1.165) is 122 Å². The van der Waals surface area contributed by atoms with E-state index in [2.05, 4.69) is 265 Å². The fourth-order valence-electron chi connectivity index (χ4n) is 10.6. The predicted molar refractivity (Wildman–Crippen MR) is 317 cm³/mol. The van der Waals surface area contributed by atoms with Crippen molar-refractivity contribution in [1.82, 2.24) is 15.0 Å². The second-order valence-corrected chi connectivity index (χ2v) is 19.1. The van der Waals surface area contributed by atoms with Crippen LogP contribution in [0.2, 0.25) is 0 Å². The molecule has 0 fully saturated rings. The lowest BCUT2D eigenvalue weighted by Gasteiger charge is -2.19. The molecule has 0 aliphatic heterocycles. The molecule has 10 aromatic carbocycles. The maximum atomic E-state index is 5.00. The summed E-state index contributed by atoms with van der Waals surface area (Å²) in [5, 5.41) is 2.29. The summed E-state index contributed by atoms with van der Waals surface area (Å²) in [7, 11) is 0. The zero-order valence-corrected chi connectivity index (χ0v) is 41.6. The Hall–Kier alpha value is -10.1. The smallest absolute Gasteiger partial charge is 0.0708 e. The van der Waals surface area contributed by atoms with Crippen LogP contribution in [0.25, 0.3) is 134 Å². The molecule has 0 saturated heterocycles. The summed E-state index contributed by atoms with van der Waals surface area (Å²) in [6.07, 6.45) is 5.68. The molecule has 0 amide bonds. The van der Waals surface area contributed by atoms with Crippen molar-refractivity contribution in [3.05, 3.63) is 298 Å². The first-order chi connectivity index (χ1) is 37.7. The molecular formula is C73H49N3. The van der Waals surface area contributed by atoms with Crippen LogP contribution in [0, 0.1) is 0 Å². The molecule has 0 atom stereocenters. The van der Waals surface area contributed by atoms with Crippen molar-refractivity contribution in [1.29, 1.82) is 0 Å². The molecule has 0 aliphatic rings. The van der Waals surface area contributed by atoms with Gasteiger partial charge in [-0.15, -0.1) is 0 Å². The normalized spacial score (nSPS) is 11.2. The molecule has 0 spiro atoms. The second kappa shape index (κ2) is 20.4. The molecule has 13 rings (SSSR count). The van der Waals surface area contributed by atoms with E-state index in [4.69, 9.17) is 4.98 Å². The number of pyridine rings is 3. The van der Waals surface area contributed by atoms with Gasteiger partial charge in [-0.1, -0.05) is 224 Å². The van der Waals surface area contributed by atoms with Gasteiger partial charge >= 0.3 is 0 Å². The Kier molecular flexibility index (Phi) is 12.3. The van der Waals surface area contributed by atoms with Crippen molar-refractivity contribution in [2.75, 3.05) is 0 Å². The molecule has 0 N–H and O–H groups in total. The first-order valence-corrected chi connectivity index (χ1v) is 25.8. The van der Waals surface area contributed by atoms with Crippen LogP contribution in [0.1, 0.15) is 0 Å². The standard InChI is InChI=1S/C73H49N3/c1-2-16-50(17-3-1)51-28-30-54(31-29-51)70-47-58(73-48-57-18-4-5-19-59(57)49-76-73)40-41-69(70)68-25-11-10-24-67(68)62-45-60(65-22-8-6-20-63(65)52-32-36-55(37-33-52)71-26-12-14-42-74-71)44-61(46-62)66-23-9-7-21-64(66)53-34-38-56(39-35-53)72-27-13-15-43-75-72/h1-49H. The summed E-state index contributed by atoms with van der Waals surface area (Å²) in [5.74, 6) is 0. The van der Waals surface area contributed by atoms with Gasteiger partial charge in [0.1, 0.15) is 0 Å². The lowest BCUT2D eigenvalue weighted by atomic mass is 9.84. The van der Waals surface area contributed by atoms with E-state index in [0.29, 0.717) is 0 Å². The summed E-state index contributed by atoms with van der Waals surface area (Å²) >= 11 is 0. The van der Waals surface area contributed by atoms with Gasteiger partial charge in [-0.05, 0) is 149 Å². The first kappa shape index (κ1) is 45.7. The molecular weight excluding hydrogens is 919 g/mol. The highest BCUT2D eigenvalue weighted by molar-refractivity contribution is 5.98. The minimum atomic E-state index is 0.938. The van der Waals surface area contributed by atoms with Gasteiger partial charge in [0.2, 0.25) is 0 Å². The Morgan fingerprint density at radius 2 is 0.539 bits per heavy atom. The summed E-state index contributed by atoms with van der Waals surface area (Å²) in [5.41, 5.74) is 24.4. The van der Waals surface area contributed by atoms with E-state index >= 15 is 0 Å². The number of nitrogens with zero attached hydrogens (tertiary/aromatic N) is 3. The third-order valence-corrected chi connectivity index (χ3v) is 14.5. The molecule has 76 heavy (non-hydrogen) atoms. The Morgan fingerprint density at radius 3 is 1.05 bits per heavy atom. The van der Waals surface area contributed by atoms with Crippen molar-refractivity contribution < 1.29 is 0 Å². The zero-order valence-electron chi connectivity index (χ0n) is 41.6. The van der Waals surface area contributed by atoms with Crippen LogP contribution in [-0.4, -0.2) is 15.0 Å². The fraction of sp³-hybridized carbons (Fsp3) is 0. The Balaban J connectivity index is 0.987. The number of fused-ring (bicyclic) bond motifs is 1. The van der Waals surface area contributed by atoms with Crippen molar-refractivity contribution in [3.63, 3.8) is 0 Å². The molecule has 3 aromatic heterocycles. The van der Waals surface area contributed by atoms with Crippen LogP contribution in [0.4, 0.5) is 0 Å². The van der Waals surface area contributed by atoms with Gasteiger partial charge in [0.25, 0.3) is 0 Å². The molecule has 13 aromatic rings. The summed E-state index contributed by atoms with van der Waals surface area (Å²) < 4.78 is 0. The van der Waals surface area contributed by atoms with Gasteiger partial charge in [-0.3, -0.25) is 15.0 Å². The van der Waals surface area contributed by atoms with Crippen LogP contribution in [0.3, 0.4) is 0 Å². The van der Waals surface area contributed by atoms with E-state index in [1.54, 1.807) is 0 Å². The van der Waals surface area contributed by atoms with Crippen LogP contribution >= 0.6 is 0 Å². The minimum Gasteiger partial charge on any atom is -0.256 e. The molecule has 3 heteroatoms. The Bertz CT molecular complexity index is 4030. The maximum absolute atomic E-state index is 5.00. The third-order valence-electron chi connectivity index (χ3n) is 14.5. The van der Waals surface area contributed by atoms with Crippen LogP contribution < -0.4 is 0 Å². The van der Waals surface area contributed by atoms with E-state index in [1.165, 1.54) is 11.1 Å². The van der Waals surface area contributed by atoms with Crippen molar-refractivity contribution in [2.45, 2.75) is 0 Å². The quantitative estimate of drug-likeness (QED) is 0.130. The fourth-order valence-corrected chi connectivity index (χ4v) is 10.6. The maximum Gasteiger partial charge on any atom is 0.0708 e. The highest BCUT2D eigenvalue weighted by atomic mass is 14.7. The van der Waals surface area contributed by atoms with Crippen molar-refractivity contribution in [3.8, 4) is 123 Å². The number of hydrogen-bond acceptors (Lipinski definition) is 3. The van der Waals surface area contributed by atoms with Crippen molar-refractivity contribution >= 4 is 10.8 Å². The van der Waals surface area contributed by atoms with E-state index in [1.807, 2.05) is 42.9 Å². The number of benzene rings is 10. The van der Waals surface area contributed by atoms with Crippen LogP contribution in [0.15, 0.2) is 298 Å². The topological polar surface area (TPSA) is 38.7 Å². The molecule has 0 unspecified atom stereocenters. The molecule has 0 saturated carbocycles. The van der Waals surface area contributed by atoms with Gasteiger partial charge in [0.15, 0.2) is 0 Å². The Morgan fingerprint density at radius 1 is 0.171 bits per heavy atom. The van der Waals surface area contributed by atoms with Gasteiger partial charge in [0.05, 0.1) is 17.1 Å². The largest absolute Gasteiger partial charge is 0.256 e. The number of rotatable bonds is 11. The van der Waals surface area contributed by atoms with E-state index in [-0.39, 0.29) is 0 Å². The number of hydrogen-bond donors (Lipinski definition) is 0. The molecule has 0 radical (unpaired) electrons. The average molecular weight is 968 g/mol. The lowest BCUT2D eigenvalue weighted by molar-refractivity contribution is 1.33. The summed E-state index contributed by atoms with van der Waals surface area (Å²) in [6.45, 7) is 0. The monoisotopic (exact) mass is 967 g/mol. The van der Waals surface area contributed by atoms with E-state index in [9.17, 15) is 0 Å². The lowest BCUT2D eigenvalue weighted by Crippen LogP contribution is -1.94. The highest BCUT2D eigenvalue weighted by Gasteiger charge is 2.19. The number of aromatic nitrogens is 3. The predicted octanol–water partition coefficient (Wildman–Crippen LogP) is 19.4. The molecule has 3 heterocycles. The van der Waals surface area contributed by atoms with E-state index < -0.39 is 0 Å². The average Bonchev–Trinajstić information content (AvgIpc) is 3.54. The summed E-state index contributed by atoms with van der Waals surface area (Å²) in [4.78, 5) is 14.3. The minimum absolute atomic E-state index is 0.938. The van der Waals surface area contributed by atoms with Crippen LogP contribution in [-0.2, 0) is 0 Å². The molecule has 0 aliphatic carbocycles. The first-order valence-electron chi connectivity index (χ1n) is 25.8. The van der Waals surface area contributed by atoms with Gasteiger partial charge in [-0.2, -0.15) is 0 Å².